The zero-order chi connectivity index (χ0) is 76.1. The number of nitrogens with zero attached hydrogens (tertiary/aromatic N) is 4. The Labute approximate surface area is 682 Å². The first-order valence-corrected chi connectivity index (χ1v) is 42.3. The van der Waals surface area contributed by atoms with Crippen molar-refractivity contribution < 1.29 is 0 Å². The van der Waals surface area contributed by atoms with Crippen molar-refractivity contribution in [3.05, 3.63) is 413 Å². The van der Waals surface area contributed by atoms with Crippen molar-refractivity contribution in [1.29, 1.82) is 0 Å². The van der Waals surface area contributed by atoms with E-state index in [9.17, 15) is 0 Å². The van der Waals surface area contributed by atoms with Crippen molar-refractivity contribution in [2.24, 2.45) is 0 Å². The van der Waals surface area contributed by atoms with Gasteiger partial charge in [-0.1, -0.05) is 231 Å². The van der Waals surface area contributed by atoms with Gasteiger partial charge in [-0.05, 0) is 280 Å². The maximum atomic E-state index is 2.44. The number of allylic oxidation sites excluding steroid dienone is 4. The van der Waals surface area contributed by atoms with E-state index in [-0.39, 0.29) is 5.92 Å². The monoisotopic (exact) mass is 1530 g/mol. The molecule has 3 aromatic heterocycles. The number of para-hydroxylation sites is 2. The lowest BCUT2D eigenvalue weighted by Crippen LogP contribution is -2.20. The molecule has 21 rings (SSSR count). The van der Waals surface area contributed by atoms with Crippen molar-refractivity contribution in [3.63, 3.8) is 0 Å². The summed E-state index contributed by atoms with van der Waals surface area (Å²) in [6.45, 7) is 0. The fraction of sp³-hybridized carbons (Fsp3) is 0.0556. The molecule has 7 heteroatoms. The number of rotatable bonds is 18. The summed E-state index contributed by atoms with van der Waals surface area (Å²) in [4.78, 5) is 9.55. The minimum Gasteiger partial charge on any atom is -0.311 e. The summed E-state index contributed by atoms with van der Waals surface area (Å²) >= 11 is 5.66. The van der Waals surface area contributed by atoms with E-state index < -0.39 is 0 Å². The molecule has 0 spiro atoms. The topological polar surface area (TPSA) is 13.0 Å². The van der Waals surface area contributed by atoms with Gasteiger partial charge in [-0.3, -0.25) is 0 Å². The normalized spacial score (nSPS) is 13.6. The van der Waals surface area contributed by atoms with Gasteiger partial charge in [-0.15, -0.1) is 34.0 Å². The lowest BCUT2D eigenvalue weighted by atomic mass is 9.87. The Morgan fingerprint density at radius 3 is 0.974 bits per heavy atom. The van der Waals surface area contributed by atoms with Crippen molar-refractivity contribution in [2.45, 2.75) is 38.0 Å². The van der Waals surface area contributed by atoms with Crippen molar-refractivity contribution in [2.75, 3.05) is 19.6 Å². The number of hydrogen-bond acceptors (Lipinski definition) is 7. The predicted octanol–water partition coefficient (Wildman–Crippen LogP) is 28.9. The van der Waals surface area contributed by atoms with Crippen molar-refractivity contribution >= 4 is 172 Å². The smallest absolute Gasteiger partial charge is 0.0468 e. The first-order chi connectivity index (χ1) is 56.9. The molecule has 548 valence electrons. The van der Waals surface area contributed by atoms with Crippen LogP contribution in [-0.2, 0) is 0 Å². The van der Waals surface area contributed by atoms with E-state index in [4.69, 9.17) is 0 Å². The van der Waals surface area contributed by atoms with Crippen LogP contribution in [0, 0.1) is 0 Å². The van der Waals surface area contributed by atoms with Gasteiger partial charge in [0.2, 0.25) is 0 Å². The predicted molar refractivity (Wildman–Crippen MR) is 496 cm³/mol. The van der Waals surface area contributed by atoms with Gasteiger partial charge in [-0.2, -0.15) is 0 Å². The summed E-state index contributed by atoms with van der Waals surface area (Å²) in [5, 5.41) is 7.99. The second kappa shape index (κ2) is 30.3. The molecule has 0 amide bonds. The Kier molecular flexibility index (Phi) is 18.3. The van der Waals surface area contributed by atoms with E-state index in [1.807, 2.05) is 34.0 Å². The summed E-state index contributed by atoms with van der Waals surface area (Å²) in [7, 11) is 0. The molecule has 1 unspecified atom stereocenters. The molecule has 0 saturated carbocycles. The summed E-state index contributed by atoms with van der Waals surface area (Å²) in [6, 6.07) is 134. The maximum absolute atomic E-state index is 2.44. The van der Waals surface area contributed by atoms with Crippen LogP contribution in [0.25, 0.3) is 115 Å². The Hall–Kier alpha value is -13.4. The van der Waals surface area contributed by atoms with Crippen LogP contribution >= 0.6 is 34.0 Å². The molecule has 115 heavy (non-hydrogen) atoms. The number of hydrogen-bond donors (Lipinski definition) is 0. The third-order valence-electron chi connectivity index (χ3n) is 23.1. The van der Waals surface area contributed by atoms with Gasteiger partial charge < -0.3 is 19.6 Å². The third kappa shape index (κ3) is 13.6. The Bertz CT molecular complexity index is 7010. The first-order valence-electron chi connectivity index (χ1n) is 39.9. The molecule has 0 radical (unpaired) electrons. The molecule has 4 nitrogen and oxygen atoms in total. The van der Waals surface area contributed by atoms with Crippen molar-refractivity contribution in [1.82, 2.24) is 0 Å². The molecule has 3 heterocycles. The van der Waals surface area contributed by atoms with Crippen LogP contribution in [0.2, 0.25) is 0 Å². The van der Waals surface area contributed by atoms with Gasteiger partial charge >= 0.3 is 0 Å². The Morgan fingerprint density at radius 1 is 0.217 bits per heavy atom. The van der Waals surface area contributed by atoms with Gasteiger partial charge in [0.05, 0.1) is 0 Å². The van der Waals surface area contributed by atoms with Gasteiger partial charge in [0, 0.05) is 124 Å². The van der Waals surface area contributed by atoms with Crippen LogP contribution in [0.1, 0.15) is 49.1 Å². The second-order valence-corrected chi connectivity index (χ2v) is 33.3. The van der Waals surface area contributed by atoms with E-state index in [0.29, 0.717) is 0 Å². The summed E-state index contributed by atoms with van der Waals surface area (Å²) in [6.07, 6.45) is 22.1. The van der Waals surface area contributed by atoms with Crippen LogP contribution in [0.15, 0.2) is 382 Å². The minimum atomic E-state index is 0.249. The third-order valence-corrected chi connectivity index (χ3v) is 26.6. The average molecular weight is 1530 g/mol. The second-order valence-electron chi connectivity index (χ2n) is 30.1. The van der Waals surface area contributed by atoms with Gasteiger partial charge in [0.15, 0.2) is 0 Å². The Morgan fingerprint density at radius 2 is 0.539 bits per heavy atom. The molecule has 1 atom stereocenters. The highest BCUT2D eigenvalue weighted by Gasteiger charge is 2.23. The molecule has 18 aromatic rings. The first kappa shape index (κ1) is 69.5. The molecular formula is C108H78N4S3. The zero-order valence-electron chi connectivity index (χ0n) is 63.3. The van der Waals surface area contributed by atoms with Crippen molar-refractivity contribution in [3.8, 4) is 44.5 Å². The number of anilines is 12. The fourth-order valence-electron chi connectivity index (χ4n) is 17.2. The SMILES string of the molecule is C1=CC(c2ccc(N(c3ccc(-c4ccc(N(c5ccc(-c6ccccc6)cc5)c5ccc6sc7ccccc7c6c5)cc4)cc3)c3ccc4sc5c(c4c3)=CCCC=5)cc2)CC=C1c1cccc(-c2ccc(N(c3ccccc3)c3ccc(-c4ccc(N(c5ccccc5)c5ccc6sc7c(c6c5)=CCCC=7)cc4)cc3)cc2)c1. The highest BCUT2D eigenvalue weighted by atomic mass is 32.1. The van der Waals surface area contributed by atoms with Crippen LogP contribution in [-0.4, -0.2) is 0 Å². The molecule has 3 aliphatic carbocycles. The van der Waals surface area contributed by atoms with Crippen LogP contribution in [0.5, 0.6) is 0 Å². The summed E-state index contributed by atoms with van der Waals surface area (Å²) in [5.41, 5.74) is 26.6. The van der Waals surface area contributed by atoms with Crippen LogP contribution < -0.4 is 39.1 Å². The molecule has 0 saturated heterocycles. The largest absolute Gasteiger partial charge is 0.311 e. The number of benzene rings is 15. The van der Waals surface area contributed by atoms with Crippen LogP contribution in [0.4, 0.5) is 68.2 Å². The minimum absolute atomic E-state index is 0.249. The molecular weight excluding hydrogens is 1450 g/mol. The molecule has 0 bridgehead atoms. The molecule has 3 aliphatic rings. The zero-order valence-corrected chi connectivity index (χ0v) is 65.8. The van der Waals surface area contributed by atoms with E-state index in [1.54, 1.807) is 0 Å². The highest BCUT2D eigenvalue weighted by molar-refractivity contribution is 7.25. The number of fused-ring (bicyclic) bond motifs is 9. The maximum Gasteiger partial charge on any atom is 0.0468 e. The van der Waals surface area contributed by atoms with Gasteiger partial charge in [0.1, 0.15) is 0 Å². The molecule has 0 N–H and O–H groups in total. The van der Waals surface area contributed by atoms with Gasteiger partial charge in [0.25, 0.3) is 0 Å². The lowest BCUT2D eigenvalue weighted by molar-refractivity contribution is 0.856. The molecule has 15 aromatic carbocycles. The molecule has 0 aliphatic heterocycles. The number of thiophene rings is 3. The Balaban J connectivity index is 0.518. The van der Waals surface area contributed by atoms with E-state index in [0.717, 1.165) is 111 Å². The van der Waals surface area contributed by atoms with Gasteiger partial charge in [-0.25, -0.2) is 0 Å². The van der Waals surface area contributed by atoms with E-state index >= 15 is 0 Å². The summed E-state index contributed by atoms with van der Waals surface area (Å²) in [5.74, 6) is 0.249. The highest BCUT2D eigenvalue weighted by Crippen LogP contribution is 2.46. The molecule has 0 fully saturated rings. The average Bonchev–Trinajstić information content (AvgIpc) is 1.67. The standard InChI is InChI=1S/C108H78N4S3/c1-4-17-73(18-5-1)75-35-51-90(52-36-75)111(95-64-67-107-101(71-95)98-26-11-14-29-104(98)114-107)92-57-43-79(44-58-92)80-45-59-93(60-46-80)112(96-65-68-108-102(72-96)99-27-12-15-30-105(99)115-108)91-55-39-76(40-56-91)74-31-33-81(34-32-74)83-19-16-20-84(69-83)82-47-61-88(62-48-82)109(85-21-6-2-7-22-85)87-49-37-77(38-50-87)78-41-53-89(54-42-78)110(86-23-8-3-9-24-86)94-63-66-106-100(70-94)97-25-10-13-28-103(97)113-106/h1-9,11,14,16-31,33-72,74H,10,12-13,15,32H2. The quantitative estimate of drug-likeness (QED) is 0.0849. The van der Waals surface area contributed by atoms with E-state index in [2.05, 4.69) is 426 Å². The van der Waals surface area contributed by atoms with E-state index in [1.165, 1.54) is 110 Å². The lowest BCUT2D eigenvalue weighted by Gasteiger charge is -2.27. The fourth-order valence-corrected chi connectivity index (χ4v) is 20.6. The van der Waals surface area contributed by atoms with Crippen LogP contribution in [0.3, 0.4) is 0 Å². The summed E-state index contributed by atoms with van der Waals surface area (Å²) < 4.78 is 8.05.